The Hall–Kier alpha value is -0.0700. The van der Waals surface area contributed by atoms with Gasteiger partial charge in [-0.25, -0.2) is 0 Å². The first-order valence-electron chi connectivity index (χ1n) is 11.5. The van der Waals surface area contributed by atoms with Crippen LogP contribution in [-0.2, 0) is 0 Å². The van der Waals surface area contributed by atoms with E-state index in [2.05, 4.69) is 24.0 Å². The number of hydrogen-bond donors (Lipinski definition) is 5. The molecule has 0 aromatic carbocycles. The van der Waals surface area contributed by atoms with Crippen LogP contribution in [0, 0.1) is 0 Å². The van der Waals surface area contributed by atoms with E-state index >= 15 is 0 Å². The van der Waals surface area contributed by atoms with Crippen molar-refractivity contribution in [1.82, 2.24) is 4.90 Å². The molecule has 0 saturated carbocycles. The summed E-state index contributed by atoms with van der Waals surface area (Å²) in [6.45, 7) is 5.02. The van der Waals surface area contributed by atoms with Gasteiger partial charge in [-0.3, -0.25) is 4.90 Å². The molecule has 0 rings (SSSR count). The van der Waals surface area contributed by atoms with Crippen LogP contribution < -0.4 is 0 Å². The number of aliphatic hydroxyl groups excluding tert-OH is 2. The molecule has 0 aromatic heterocycles. The smallest absolute Gasteiger partial charge is 0.324 e. The molecule has 176 valence electrons. The second-order valence-corrected chi connectivity index (χ2v) is 8.03. The third kappa shape index (κ3) is 32.8. The van der Waals surface area contributed by atoms with Gasteiger partial charge in [0, 0.05) is 13.1 Å². The Morgan fingerprint density at radius 3 is 1.38 bits per heavy atom. The van der Waals surface area contributed by atoms with Gasteiger partial charge in [0.2, 0.25) is 0 Å². The molecule has 0 aliphatic carbocycles. The standard InChI is InChI=1S/C22H45NO2.H3O3P/c1-2-3-4-5-6-7-8-9-10-11-12-13-14-15-16-17-18-23(19-21-24)20-22-25;1-4(2)3/h9-10,24-25H,2-8,11-22H2,1H3;1-3H/b10-9-;. The van der Waals surface area contributed by atoms with Crippen LogP contribution in [-0.4, -0.2) is 62.6 Å². The normalized spacial score (nSPS) is 11.4. The predicted octanol–water partition coefficient (Wildman–Crippen LogP) is 4.50. The third-order valence-electron chi connectivity index (χ3n) is 4.82. The number of nitrogens with zero attached hydrogens (tertiary/aromatic N) is 1. The fourth-order valence-corrected chi connectivity index (χ4v) is 3.20. The van der Waals surface area contributed by atoms with Gasteiger partial charge < -0.3 is 24.9 Å². The second-order valence-electron chi connectivity index (χ2n) is 7.50. The van der Waals surface area contributed by atoms with Crippen LogP contribution in [0.2, 0.25) is 0 Å². The lowest BCUT2D eigenvalue weighted by Crippen LogP contribution is -2.30. The van der Waals surface area contributed by atoms with E-state index < -0.39 is 8.60 Å². The zero-order chi connectivity index (χ0) is 22.0. The molecule has 0 aromatic rings. The lowest BCUT2D eigenvalue weighted by atomic mass is 10.1. The number of aliphatic hydroxyl groups is 2. The number of unbranched alkanes of at least 4 members (excludes halogenated alkanes) is 12. The van der Waals surface area contributed by atoms with E-state index in [1.807, 2.05) is 0 Å². The molecule has 6 nitrogen and oxygen atoms in total. The Balaban J connectivity index is 0. The zero-order valence-electron chi connectivity index (χ0n) is 18.7. The van der Waals surface area contributed by atoms with Gasteiger partial charge in [-0.1, -0.05) is 76.9 Å². The molecule has 7 heteroatoms. The van der Waals surface area contributed by atoms with E-state index in [0.717, 1.165) is 6.54 Å². The van der Waals surface area contributed by atoms with Crippen LogP contribution in [0.25, 0.3) is 0 Å². The van der Waals surface area contributed by atoms with E-state index in [0.29, 0.717) is 13.1 Å². The van der Waals surface area contributed by atoms with Crippen LogP contribution in [0.1, 0.15) is 96.8 Å². The highest BCUT2D eigenvalue weighted by Crippen LogP contribution is 2.12. The van der Waals surface area contributed by atoms with Crippen LogP contribution in [0.5, 0.6) is 0 Å². The van der Waals surface area contributed by atoms with E-state index in [-0.39, 0.29) is 13.2 Å². The predicted molar refractivity (Wildman–Crippen MR) is 124 cm³/mol. The van der Waals surface area contributed by atoms with Crippen LogP contribution in [0.3, 0.4) is 0 Å². The van der Waals surface area contributed by atoms with Crippen molar-refractivity contribution >= 4 is 8.60 Å². The summed E-state index contributed by atoms with van der Waals surface area (Å²) in [5, 5.41) is 17.9. The minimum atomic E-state index is -2.62. The van der Waals surface area contributed by atoms with Crippen LogP contribution in [0.15, 0.2) is 12.2 Å². The van der Waals surface area contributed by atoms with Crippen molar-refractivity contribution in [3.8, 4) is 0 Å². The molecule has 0 aliphatic rings. The fraction of sp³-hybridized carbons (Fsp3) is 0.909. The Kier molecular flexibility index (Phi) is 30.0. The molecular formula is C22H48NO5P. The summed E-state index contributed by atoms with van der Waals surface area (Å²) in [5.41, 5.74) is 0. The molecule has 5 N–H and O–H groups in total. The summed E-state index contributed by atoms with van der Waals surface area (Å²) in [6.07, 6.45) is 23.4. The van der Waals surface area contributed by atoms with Gasteiger partial charge in [0.1, 0.15) is 0 Å². The van der Waals surface area contributed by atoms with Crippen molar-refractivity contribution in [2.45, 2.75) is 96.8 Å². The van der Waals surface area contributed by atoms with Crippen LogP contribution >= 0.6 is 8.60 Å². The Morgan fingerprint density at radius 2 is 0.966 bits per heavy atom. The molecule has 0 fully saturated rings. The van der Waals surface area contributed by atoms with Gasteiger partial charge in [0.05, 0.1) is 13.2 Å². The summed E-state index contributed by atoms with van der Waals surface area (Å²) < 4.78 is 0. The number of rotatable bonds is 20. The number of allylic oxidation sites excluding steroid dienone is 2. The monoisotopic (exact) mass is 437 g/mol. The molecule has 0 saturated heterocycles. The van der Waals surface area contributed by atoms with Crippen molar-refractivity contribution in [2.24, 2.45) is 0 Å². The van der Waals surface area contributed by atoms with Gasteiger partial charge in [0.25, 0.3) is 0 Å². The first-order chi connectivity index (χ1) is 14.1. The number of hydrogen-bond acceptors (Lipinski definition) is 6. The maximum atomic E-state index is 8.97. The SMILES string of the molecule is CCCCCCCC/C=C\CCCCCCCCN(CCO)CCO.OP(O)O. The molecule has 0 radical (unpaired) electrons. The topological polar surface area (TPSA) is 104 Å². The summed E-state index contributed by atoms with van der Waals surface area (Å²) in [6, 6.07) is 0. The van der Waals surface area contributed by atoms with Crippen molar-refractivity contribution in [1.29, 1.82) is 0 Å². The van der Waals surface area contributed by atoms with Crippen molar-refractivity contribution < 1.29 is 24.9 Å². The molecule has 0 atom stereocenters. The average Bonchev–Trinajstić information content (AvgIpc) is 2.67. The minimum Gasteiger partial charge on any atom is -0.395 e. The Morgan fingerprint density at radius 1 is 0.586 bits per heavy atom. The highest BCUT2D eigenvalue weighted by Gasteiger charge is 2.02. The average molecular weight is 438 g/mol. The first-order valence-corrected chi connectivity index (χ1v) is 12.7. The molecule has 0 amide bonds. The van der Waals surface area contributed by atoms with Gasteiger partial charge in [-0.05, 0) is 38.6 Å². The largest absolute Gasteiger partial charge is 0.395 e. The van der Waals surface area contributed by atoms with Crippen LogP contribution in [0.4, 0.5) is 0 Å². The lowest BCUT2D eigenvalue weighted by molar-refractivity contribution is 0.159. The Bertz CT molecular complexity index is 311. The fourth-order valence-electron chi connectivity index (χ4n) is 3.20. The van der Waals surface area contributed by atoms with Gasteiger partial charge in [0.15, 0.2) is 0 Å². The minimum absolute atomic E-state index is 0.187. The highest BCUT2D eigenvalue weighted by molar-refractivity contribution is 7.38. The van der Waals surface area contributed by atoms with E-state index in [9.17, 15) is 0 Å². The summed E-state index contributed by atoms with van der Waals surface area (Å²) in [7, 11) is -2.62. The quantitative estimate of drug-likeness (QED) is 0.109. The molecule has 0 spiro atoms. The molecule has 0 unspecified atom stereocenters. The van der Waals surface area contributed by atoms with Gasteiger partial charge in [-0.2, -0.15) is 0 Å². The summed E-state index contributed by atoms with van der Waals surface area (Å²) >= 11 is 0. The summed E-state index contributed by atoms with van der Waals surface area (Å²) in [5.74, 6) is 0. The van der Waals surface area contributed by atoms with E-state index in [1.165, 1.54) is 89.9 Å². The molecule has 0 aliphatic heterocycles. The van der Waals surface area contributed by atoms with Gasteiger partial charge in [-0.15, -0.1) is 0 Å². The zero-order valence-corrected chi connectivity index (χ0v) is 19.6. The van der Waals surface area contributed by atoms with Crippen molar-refractivity contribution in [3.05, 3.63) is 12.2 Å². The third-order valence-corrected chi connectivity index (χ3v) is 4.82. The maximum Gasteiger partial charge on any atom is 0.324 e. The second kappa shape index (κ2) is 27.9. The van der Waals surface area contributed by atoms with Crippen molar-refractivity contribution in [2.75, 3.05) is 32.8 Å². The van der Waals surface area contributed by atoms with E-state index in [4.69, 9.17) is 24.9 Å². The molecule has 0 bridgehead atoms. The molecule has 29 heavy (non-hydrogen) atoms. The van der Waals surface area contributed by atoms with Gasteiger partial charge >= 0.3 is 8.60 Å². The summed E-state index contributed by atoms with van der Waals surface area (Å²) in [4.78, 5) is 23.8. The first kappa shape index (κ1) is 31.1. The highest BCUT2D eigenvalue weighted by atomic mass is 31.2. The molecular weight excluding hydrogens is 389 g/mol. The Labute approximate surface area is 180 Å². The maximum absolute atomic E-state index is 8.97. The van der Waals surface area contributed by atoms with E-state index in [1.54, 1.807) is 0 Å². The van der Waals surface area contributed by atoms with Crippen molar-refractivity contribution in [3.63, 3.8) is 0 Å². The lowest BCUT2D eigenvalue weighted by Gasteiger charge is -2.19. The molecule has 0 heterocycles.